The van der Waals surface area contributed by atoms with Gasteiger partial charge in [-0.15, -0.1) is 0 Å². The van der Waals surface area contributed by atoms with E-state index in [0.29, 0.717) is 5.41 Å². The molecule has 0 aromatic rings. The van der Waals surface area contributed by atoms with Gasteiger partial charge in [0.1, 0.15) is 0 Å². The molecule has 1 heteroatoms. The highest BCUT2D eigenvalue weighted by molar-refractivity contribution is 9.09. The van der Waals surface area contributed by atoms with Gasteiger partial charge in [-0.2, -0.15) is 0 Å². The number of alkyl halides is 1. The SMILES string of the molecule is CC1(C)C(CBr)C12CCC1CC12. The lowest BCUT2D eigenvalue weighted by molar-refractivity contribution is 0.343. The van der Waals surface area contributed by atoms with E-state index in [-0.39, 0.29) is 0 Å². The fourth-order valence-electron chi connectivity index (χ4n) is 4.37. The molecular weight excluding hydrogens is 212 g/mol. The molecular formula is C11H17Br. The minimum atomic E-state index is 0.659. The molecule has 3 saturated carbocycles. The number of fused-ring (bicyclic) bond motifs is 2. The molecule has 0 heterocycles. The Morgan fingerprint density at radius 3 is 2.50 bits per heavy atom. The molecule has 0 nitrogen and oxygen atoms in total. The number of hydrogen-bond acceptors (Lipinski definition) is 0. The first-order chi connectivity index (χ1) is 5.64. The van der Waals surface area contributed by atoms with Crippen molar-refractivity contribution in [2.24, 2.45) is 28.6 Å². The van der Waals surface area contributed by atoms with E-state index >= 15 is 0 Å². The molecule has 3 aliphatic carbocycles. The van der Waals surface area contributed by atoms with Gasteiger partial charge in [-0.05, 0) is 47.8 Å². The van der Waals surface area contributed by atoms with Crippen LogP contribution in [0.25, 0.3) is 0 Å². The molecule has 0 saturated heterocycles. The first-order valence-corrected chi connectivity index (χ1v) is 6.32. The molecule has 3 aliphatic rings. The predicted octanol–water partition coefficient (Wildman–Crippen LogP) is 3.45. The Bertz CT molecular complexity index is 233. The van der Waals surface area contributed by atoms with Crippen LogP contribution < -0.4 is 0 Å². The van der Waals surface area contributed by atoms with Crippen molar-refractivity contribution < 1.29 is 0 Å². The number of halogens is 1. The fraction of sp³-hybridized carbons (Fsp3) is 1.00. The van der Waals surface area contributed by atoms with E-state index in [0.717, 1.165) is 23.2 Å². The Labute approximate surface area is 83.2 Å². The van der Waals surface area contributed by atoms with Gasteiger partial charge >= 0.3 is 0 Å². The molecule has 0 aromatic carbocycles. The zero-order valence-corrected chi connectivity index (χ0v) is 9.52. The Morgan fingerprint density at radius 2 is 2.17 bits per heavy atom. The van der Waals surface area contributed by atoms with Crippen LogP contribution in [-0.2, 0) is 0 Å². The van der Waals surface area contributed by atoms with Gasteiger partial charge in [0.05, 0.1) is 0 Å². The minimum Gasteiger partial charge on any atom is -0.0925 e. The average molecular weight is 229 g/mol. The van der Waals surface area contributed by atoms with Crippen molar-refractivity contribution >= 4 is 15.9 Å². The number of rotatable bonds is 1. The summed E-state index contributed by atoms with van der Waals surface area (Å²) in [6.07, 6.45) is 4.64. The summed E-state index contributed by atoms with van der Waals surface area (Å²) >= 11 is 3.68. The van der Waals surface area contributed by atoms with Crippen LogP contribution in [-0.4, -0.2) is 5.33 Å². The van der Waals surface area contributed by atoms with E-state index < -0.39 is 0 Å². The third-order valence-corrected chi connectivity index (χ3v) is 5.92. The second-order valence-electron chi connectivity index (χ2n) is 5.61. The Kier molecular flexibility index (Phi) is 1.27. The van der Waals surface area contributed by atoms with Crippen LogP contribution in [0.4, 0.5) is 0 Å². The van der Waals surface area contributed by atoms with Crippen LogP contribution in [0, 0.1) is 28.6 Å². The van der Waals surface area contributed by atoms with E-state index in [1.807, 2.05) is 0 Å². The van der Waals surface area contributed by atoms with Gasteiger partial charge in [0.15, 0.2) is 0 Å². The lowest BCUT2D eigenvalue weighted by Gasteiger charge is -2.14. The summed E-state index contributed by atoms with van der Waals surface area (Å²) < 4.78 is 0. The summed E-state index contributed by atoms with van der Waals surface area (Å²) in [4.78, 5) is 0. The lowest BCUT2D eigenvalue weighted by atomic mass is 9.90. The summed E-state index contributed by atoms with van der Waals surface area (Å²) in [5, 5.41) is 1.24. The molecule has 12 heavy (non-hydrogen) atoms. The maximum atomic E-state index is 3.68. The van der Waals surface area contributed by atoms with Gasteiger partial charge < -0.3 is 0 Å². The van der Waals surface area contributed by atoms with E-state index in [9.17, 15) is 0 Å². The molecule has 0 N–H and O–H groups in total. The smallest absolute Gasteiger partial charge is 0.00706 e. The molecule has 3 fully saturated rings. The molecule has 0 amide bonds. The van der Waals surface area contributed by atoms with E-state index in [2.05, 4.69) is 29.8 Å². The van der Waals surface area contributed by atoms with Gasteiger partial charge in [0, 0.05) is 5.33 Å². The third-order valence-electron chi connectivity index (χ3n) is 5.28. The largest absolute Gasteiger partial charge is 0.0925 e. The van der Waals surface area contributed by atoms with Crippen LogP contribution in [0.1, 0.15) is 33.1 Å². The van der Waals surface area contributed by atoms with Gasteiger partial charge in [-0.25, -0.2) is 0 Å². The highest BCUT2D eigenvalue weighted by Gasteiger charge is 2.78. The first-order valence-electron chi connectivity index (χ1n) is 5.20. The minimum absolute atomic E-state index is 0.659. The van der Waals surface area contributed by atoms with Crippen molar-refractivity contribution in [1.29, 1.82) is 0 Å². The average Bonchev–Trinajstić information content (AvgIpc) is 2.81. The highest BCUT2D eigenvalue weighted by atomic mass is 79.9. The zero-order valence-electron chi connectivity index (χ0n) is 7.94. The topological polar surface area (TPSA) is 0 Å². The number of hydrogen-bond donors (Lipinski definition) is 0. The highest BCUT2D eigenvalue weighted by Crippen LogP contribution is 2.84. The van der Waals surface area contributed by atoms with Crippen LogP contribution in [0.2, 0.25) is 0 Å². The van der Waals surface area contributed by atoms with E-state index in [4.69, 9.17) is 0 Å². The van der Waals surface area contributed by atoms with Crippen LogP contribution in [0.5, 0.6) is 0 Å². The summed E-state index contributed by atoms with van der Waals surface area (Å²) in [6, 6.07) is 0. The Morgan fingerprint density at radius 1 is 1.42 bits per heavy atom. The summed E-state index contributed by atoms with van der Waals surface area (Å²) in [5.41, 5.74) is 1.45. The maximum Gasteiger partial charge on any atom is 0.00706 e. The summed E-state index contributed by atoms with van der Waals surface area (Å²) in [6.45, 7) is 4.97. The van der Waals surface area contributed by atoms with Gasteiger partial charge in [0.2, 0.25) is 0 Å². The van der Waals surface area contributed by atoms with Gasteiger partial charge in [-0.3, -0.25) is 0 Å². The molecule has 0 aliphatic heterocycles. The van der Waals surface area contributed by atoms with Crippen molar-refractivity contribution in [1.82, 2.24) is 0 Å². The standard InChI is InChI=1S/C11H17Br/c1-10(2)9(6-12)11(10)4-3-7-5-8(7)11/h7-9H,3-6H2,1-2H3. The van der Waals surface area contributed by atoms with Crippen molar-refractivity contribution in [3.05, 3.63) is 0 Å². The quantitative estimate of drug-likeness (QED) is 0.604. The molecule has 4 unspecified atom stereocenters. The van der Waals surface area contributed by atoms with Crippen LogP contribution in [0.15, 0.2) is 0 Å². The van der Waals surface area contributed by atoms with E-state index in [1.54, 1.807) is 6.42 Å². The summed E-state index contributed by atoms with van der Waals surface area (Å²) in [7, 11) is 0. The molecule has 4 atom stereocenters. The molecule has 68 valence electrons. The van der Waals surface area contributed by atoms with Gasteiger partial charge in [0.25, 0.3) is 0 Å². The molecule has 0 aromatic heterocycles. The summed E-state index contributed by atoms with van der Waals surface area (Å²) in [5.74, 6) is 3.27. The van der Waals surface area contributed by atoms with Crippen LogP contribution in [0.3, 0.4) is 0 Å². The fourth-order valence-corrected chi connectivity index (χ4v) is 5.76. The Balaban J connectivity index is 1.93. The van der Waals surface area contributed by atoms with Gasteiger partial charge in [-0.1, -0.05) is 29.8 Å². The monoisotopic (exact) mass is 228 g/mol. The normalized spacial score (nSPS) is 58.8. The second kappa shape index (κ2) is 1.94. The molecule has 1 spiro atoms. The second-order valence-corrected chi connectivity index (χ2v) is 6.26. The molecule has 0 radical (unpaired) electrons. The third kappa shape index (κ3) is 0.604. The molecule has 0 bridgehead atoms. The Hall–Kier alpha value is 0.480. The van der Waals surface area contributed by atoms with E-state index in [1.165, 1.54) is 18.2 Å². The van der Waals surface area contributed by atoms with Crippen molar-refractivity contribution in [3.63, 3.8) is 0 Å². The lowest BCUT2D eigenvalue weighted by Crippen LogP contribution is -2.08. The maximum absolute atomic E-state index is 3.68. The van der Waals surface area contributed by atoms with Crippen molar-refractivity contribution in [2.75, 3.05) is 5.33 Å². The zero-order chi connectivity index (χ0) is 8.56. The van der Waals surface area contributed by atoms with Crippen molar-refractivity contribution in [2.45, 2.75) is 33.1 Å². The van der Waals surface area contributed by atoms with Crippen molar-refractivity contribution in [3.8, 4) is 0 Å². The predicted molar refractivity (Wildman–Crippen MR) is 54.3 cm³/mol. The molecule has 3 rings (SSSR count). The first kappa shape index (κ1) is 7.84. The van der Waals surface area contributed by atoms with Crippen LogP contribution >= 0.6 is 15.9 Å².